The molecular weight excluding hydrogens is 214 g/mol. The van der Waals surface area contributed by atoms with Crippen LogP contribution in [0.15, 0.2) is 10.7 Å². The molecule has 1 unspecified atom stereocenters. The first-order valence-corrected chi connectivity index (χ1v) is 6.41. The quantitative estimate of drug-likeness (QED) is 0.794. The summed E-state index contributed by atoms with van der Waals surface area (Å²) in [5.41, 5.74) is 0.963. The van der Waals surface area contributed by atoms with Crippen LogP contribution in [0.25, 0.3) is 0 Å². The van der Waals surface area contributed by atoms with Crippen molar-refractivity contribution in [2.45, 2.75) is 46.7 Å². The molecule has 0 bridgehead atoms. The Bertz CT molecular complexity index is 322. The zero-order valence-electron chi connectivity index (χ0n) is 11.7. The molecule has 4 nitrogen and oxygen atoms in total. The molecule has 0 spiro atoms. The minimum absolute atomic E-state index is 0.466. The summed E-state index contributed by atoms with van der Waals surface area (Å²) >= 11 is 0. The molecule has 0 fully saturated rings. The number of nitrogens with one attached hydrogen (secondary N) is 1. The molecule has 1 heterocycles. The van der Waals surface area contributed by atoms with Crippen molar-refractivity contribution in [1.29, 1.82) is 0 Å². The maximum atomic E-state index is 5.48. The van der Waals surface area contributed by atoms with Crippen molar-refractivity contribution >= 4 is 6.01 Å². The van der Waals surface area contributed by atoms with E-state index in [1.165, 1.54) is 6.42 Å². The first-order chi connectivity index (χ1) is 8.02. The van der Waals surface area contributed by atoms with Crippen molar-refractivity contribution in [1.82, 2.24) is 10.3 Å². The molecule has 0 saturated carbocycles. The van der Waals surface area contributed by atoms with Crippen molar-refractivity contribution < 1.29 is 4.42 Å². The monoisotopic (exact) mass is 239 g/mol. The van der Waals surface area contributed by atoms with Crippen LogP contribution in [0.2, 0.25) is 0 Å². The van der Waals surface area contributed by atoms with Gasteiger partial charge < -0.3 is 14.6 Å². The van der Waals surface area contributed by atoms with Crippen LogP contribution in [0.5, 0.6) is 0 Å². The van der Waals surface area contributed by atoms with Gasteiger partial charge in [-0.25, -0.2) is 0 Å². The molecule has 0 aliphatic carbocycles. The lowest BCUT2D eigenvalue weighted by atomic mass is 10.1. The third-order valence-electron chi connectivity index (χ3n) is 2.84. The van der Waals surface area contributed by atoms with Gasteiger partial charge in [0.2, 0.25) is 0 Å². The van der Waals surface area contributed by atoms with Gasteiger partial charge in [-0.15, -0.1) is 0 Å². The molecular formula is C13H25N3O. The van der Waals surface area contributed by atoms with Crippen molar-refractivity contribution in [3.63, 3.8) is 0 Å². The van der Waals surface area contributed by atoms with Crippen LogP contribution in [0, 0.1) is 5.92 Å². The van der Waals surface area contributed by atoms with E-state index in [0.29, 0.717) is 18.0 Å². The van der Waals surface area contributed by atoms with Crippen LogP contribution in [0.3, 0.4) is 0 Å². The van der Waals surface area contributed by atoms with Gasteiger partial charge in [0.25, 0.3) is 6.01 Å². The lowest BCUT2D eigenvalue weighted by Crippen LogP contribution is -2.24. The van der Waals surface area contributed by atoms with Crippen molar-refractivity contribution in [2.75, 3.05) is 18.5 Å². The normalized spacial score (nSPS) is 13.1. The molecule has 0 aliphatic rings. The number of rotatable bonds is 7. The fraction of sp³-hybridized carbons (Fsp3) is 0.769. The molecule has 0 amide bonds. The molecule has 17 heavy (non-hydrogen) atoms. The summed E-state index contributed by atoms with van der Waals surface area (Å²) in [6.07, 6.45) is 2.91. The van der Waals surface area contributed by atoms with E-state index in [2.05, 4.69) is 42.9 Å². The van der Waals surface area contributed by atoms with E-state index in [1.807, 2.05) is 7.05 Å². The second kappa shape index (κ2) is 6.64. The molecule has 98 valence electrons. The summed E-state index contributed by atoms with van der Waals surface area (Å²) < 4.78 is 5.48. The smallest absolute Gasteiger partial charge is 0.297 e. The zero-order valence-corrected chi connectivity index (χ0v) is 11.7. The van der Waals surface area contributed by atoms with E-state index in [0.717, 1.165) is 18.8 Å². The zero-order chi connectivity index (χ0) is 12.8. The Morgan fingerprint density at radius 1 is 1.41 bits per heavy atom. The Balaban J connectivity index is 2.49. The topological polar surface area (TPSA) is 41.3 Å². The van der Waals surface area contributed by atoms with Crippen LogP contribution < -0.4 is 10.2 Å². The van der Waals surface area contributed by atoms with E-state index in [1.54, 1.807) is 6.26 Å². The number of oxazole rings is 1. The first kappa shape index (κ1) is 14.0. The second-order valence-corrected chi connectivity index (χ2v) is 5.05. The number of hydrogen-bond acceptors (Lipinski definition) is 4. The van der Waals surface area contributed by atoms with Gasteiger partial charge in [-0.3, -0.25) is 0 Å². The fourth-order valence-corrected chi connectivity index (χ4v) is 1.54. The van der Waals surface area contributed by atoms with Crippen molar-refractivity contribution in [3.8, 4) is 0 Å². The average molecular weight is 239 g/mol. The fourth-order valence-electron chi connectivity index (χ4n) is 1.54. The maximum Gasteiger partial charge on any atom is 0.297 e. The molecule has 1 rings (SSSR count). The number of anilines is 1. The molecule has 1 aromatic rings. The standard InChI is InChI=1S/C13H25N3O/c1-6-11(4)8-16(5)13-15-12(9-17-13)7-14-10(2)3/h9-11,14H,6-8H2,1-5H3. The molecule has 4 heteroatoms. The van der Waals surface area contributed by atoms with Crippen LogP contribution in [0.4, 0.5) is 6.01 Å². The summed E-state index contributed by atoms with van der Waals surface area (Å²) in [5, 5.41) is 3.32. The summed E-state index contributed by atoms with van der Waals surface area (Å²) in [4.78, 5) is 6.54. The highest BCUT2D eigenvalue weighted by Crippen LogP contribution is 2.14. The van der Waals surface area contributed by atoms with E-state index in [4.69, 9.17) is 4.42 Å². The lowest BCUT2D eigenvalue weighted by molar-refractivity contribution is 0.502. The van der Waals surface area contributed by atoms with Gasteiger partial charge in [0, 0.05) is 26.2 Å². The van der Waals surface area contributed by atoms with E-state index in [-0.39, 0.29) is 0 Å². The number of nitrogens with zero attached hydrogens (tertiary/aromatic N) is 2. The number of aromatic nitrogens is 1. The second-order valence-electron chi connectivity index (χ2n) is 5.05. The Hall–Kier alpha value is -1.03. The molecule has 1 aromatic heterocycles. The average Bonchev–Trinajstić information content (AvgIpc) is 2.74. The van der Waals surface area contributed by atoms with Gasteiger partial charge in [-0.05, 0) is 5.92 Å². The van der Waals surface area contributed by atoms with Gasteiger partial charge in [0.15, 0.2) is 0 Å². The van der Waals surface area contributed by atoms with E-state index >= 15 is 0 Å². The summed E-state index contributed by atoms with van der Waals surface area (Å²) in [7, 11) is 2.03. The Morgan fingerprint density at radius 3 is 2.71 bits per heavy atom. The maximum absolute atomic E-state index is 5.48. The van der Waals surface area contributed by atoms with Crippen LogP contribution in [-0.2, 0) is 6.54 Å². The lowest BCUT2D eigenvalue weighted by Gasteiger charge is -2.18. The SMILES string of the molecule is CCC(C)CN(C)c1nc(CNC(C)C)co1. The van der Waals surface area contributed by atoms with E-state index < -0.39 is 0 Å². The number of hydrogen-bond donors (Lipinski definition) is 1. The summed E-state index contributed by atoms with van der Waals surface area (Å²) in [6.45, 7) is 10.4. The van der Waals surface area contributed by atoms with Gasteiger partial charge in [0.05, 0.1) is 5.69 Å². The summed E-state index contributed by atoms with van der Waals surface area (Å²) in [6, 6.07) is 1.18. The van der Waals surface area contributed by atoms with Gasteiger partial charge in [-0.2, -0.15) is 4.98 Å². The molecule has 1 N–H and O–H groups in total. The minimum Gasteiger partial charge on any atom is -0.432 e. The largest absolute Gasteiger partial charge is 0.432 e. The molecule has 1 atom stereocenters. The molecule has 0 radical (unpaired) electrons. The van der Waals surface area contributed by atoms with Gasteiger partial charge in [0.1, 0.15) is 6.26 Å². The predicted octanol–water partition coefficient (Wildman–Crippen LogP) is 2.65. The van der Waals surface area contributed by atoms with Crippen LogP contribution >= 0.6 is 0 Å². The highest BCUT2D eigenvalue weighted by atomic mass is 16.4. The molecule has 0 aliphatic heterocycles. The third-order valence-corrected chi connectivity index (χ3v) is 2.84. The van der Waals surface area contributed by atoms with Gasteiger partial charge >= 0.3 is 0 Å². The van der Waals surface area contributed by atoms with Crippen molar-refractivity contribution in [2.24, 2.45) is 5.92 Å². The van der Waals surface area contributed by atoms with Crippen molar-refractivity contribution in [3.05, 3.63) is 12.0 Å². The summed E-state index contributed by atoms with van der Waals surface area (Å²) in [5.74, 6) is 0.657. The first-order valence-electron chi connectivity index (χ1n) is 6.41. The van der Waals surface area contributed by atoms with Crippen LogP contribution in [0.1, 0.15) is 39.8 Å². The van der Waals surface area contributed by atoms with E-state index in [9.17, 15) is 0 Å². The Labute approximate surface area is 104 Å². The highest BCUT2D eigenvalue weighted by molar-refractivity contribution is 5.25. The predicted molar refractivity (Wildman–Crippen MR) is 71.2 cm³/mol. The van der Waals surface area contributed by atoms with Crippen LogP contribution in [-0.4, -0.2) is 24.6 Å². The Kier molecular flexibility index (Phi) is 5.48. The third kappa shape index (κ3) is 4.77. The molecule has 0 aromatic carbocycles. The highest BCUT2D eigenvalue weighted by Gasteiger charge is 2.11. The minimum atomic E-state index is 0.466. The Morgan fingerprint density at radius 2 is 2.12 bits per heavy atom. The molecule has 0 saturated heterocycles. The van der Waals surface area contributed by atoms with Gasteiger partial charge in [-0.1, -0.05) is 34.1 Å².